The summed E-state index contributed by atoms with van der Waals surface area (Å²) in [5, 5.41) is 5.59. The largest absolute Gasteiger partial charge is 0.344 e. The van der Waals surface area contributed by atoms with Crippen molar-refractivity contribution in [3.63, 3.8) is 0 Å². The molecule has 0 radical (unpaired) electrons. The second kappa shape index (κ2) is 6.60. The molecule has 1 saturated heterocycles. The van der Waals surface area contributed by atoms with Crippen LogP contribution in [0.2, 0.25) is 0 Å². The number of likely N-dealkylation sites (N-methyl/N-ethyl adjacent to an activating group) is 1. The number of likely N-dealkylation sites (tertiary alicyclic amines) is 1. The van der Waals surface area contributed by atoms with E-state index < -0.39 is 6.04 Å². The molecule has 1 fully saturated rings. The van der Waals surface area contributed by atoms with Crippen molar-refractivity contribution in [3.05, 3.63) is 18.2 Å². The summed E-state index contributed by atoms with van der Waals surface area (Å²) in [5.74, 6) is 0.777. The molecule has 2 rings (SSSR count). The van der Waals surface area contributed by atoms with Crippen molar-refractivity contribution >= 4 is 11.9 Å². The molecule has 0 saturated carbocycles. The molecule has 2 unspecified atom stereocenters. The highest BCUT2D eigenvalue weighted by Gasteiger charge is 2.28. The van der Waals surface area contributed by atoms with Crippen molar-refractivity contribution in [2.24, 2.45) is 0 Å². The molecule has 1 aromatic heterocycles. The molecule has 0 aliphatic carbocycles. The van der Waals surface area contributed by atoms with Crippen molar-refractivity contribution < 1.29 is 9.59 Å². The van der Waals surface area contributed by atoms with Gasteiger partial charge in [0.25, 0.3) is 0 Å². The fourth-order valence-corrected chi connectivity index (χ4v) is 2.60. The molecule has 2 heterocycles. The molecule has 21 heavy (non-hydrogen) atoms. The van der Waals surface area contributed by atoms with Crippen molar-refractivity contribution in [2.75, 3.05) is 13.6 Å². The van der Waals surface area contributed by atoms with E-state index >= 15 is 0 Å². The molecule has 2 N–H and O–H groups in total. The Bertz CT molecular complexity index is 513. The van der Waals surface area contributed by atoms with Crippen molar-refractivity contribution in [2.45, 2.75) is 45.3 Å². The van der Waals surface area contributed by atoms with Gasteiger partial charge in [-0.3, -0.25) is 4.79 Å². The van der Waals surface area contributed by atoms with Gasteiger partial charge >= 0.3 is 6.03 Å². The van der Waals surface area contributed by atoms with Gasteiger partial charge in [-0.2, -0.15) is 0 Å². The molecule has 7 nitrogen and oxygen atoms in total. The van der Waals surface area contributed by atoms with Gasteiger partial charge in [-0.25, -0.2) is 9.78 Å². The molecule has 0 spiro atoms. The van der Waals surface area contributed by atoms with Crippen molar-refractivity contribution in [3.8, 4) is 0 Å². The number of carbonyl (C=O) groups is 2. The highest BCUT2D eigenvalue weighted by Crippen LogP contribution is 2.12. The van der Waals surface area contributed by atoms with Gasteiger partial charge in [-0.05, 0) is 26.7 Å². The van der Waals surface area contributed by atoms with Crippen LogP contribution in [0.15, 0.2) is 12.4 Å². The van der Waals surface area contributed by atoms with Gasteiger partial charge in [0, 0.05) is 32.5 Å². The van der Waals surface area contributed by atoms with Gasteiger partial charge in [-0.15, -0.1) is 0 Å². The minimum Gasteiger partial charge on any atom is -0.344 e. The first-order chi connectivity index (χ1) is 10.0. The Hall–Kier alpha value is -2.05. The first-order valence-electron chi connectivity index (χ1n) is 7.36. The lowest BCUT2D eigenvalue weighted by atomic mass is 10.1. The first-order valence-corrected chi connectivity index (χ1v) is 7.36. The topological polar surface area (TPSA) is 79.3 Å². The summed E-state index contributed by atoms with van der Waals surface area (Å²) in [5.41, 5.74) is 0. The van der Waals surface area contributed by atoms with Gasteiger partial charge in [0.05, 0.1) is 6.04 Å². The van der Waals surface area contributed by atoms with E-state index in [9.17, 15) is 9.59 Å². The van der Waals surface area contributed by atoms with Crippen LogP contribution in [0.3, 0.4) is 0 Å². The Morgan fingerprint density at radius 1 is 1.57 bits per heavy atom. The molecule has 7 heteroatoms. The summed E-state index contributed by atoms with van der Waals surface area (Å²) >= 11 is 0. The third kappa shape index (κ3) is 3.53. The highest BCUT2D eigenvalue weighted by atomic mass is 16.2. The van der Waals surface area contributed by atoms with E-state index in [-0.39, 0.29) is 18.0 Å². The maximum absolute atomic E-state index is 12.0. The third-order valence-electron chi connectivity index (χ3n) is 3.79. The van der Waals surface area contributed by atoms with Gasteiger partial charge in [-0.1, -0.05) is 0 Å². The van der Waals surface area contributed by atoms with Crippen LogP contribution in [0.5, 0.6) is 0 Å². The van der Waals surface area contributed by atoms with Crippen molar-refractivity contribution in [1.29, 1.82) is 0 Å². The average molecular weight is 293 g/mol. The van der Waals surface area contributed by atoms with E-state index in [1.54, 1.807) is 18.1 Å². The molecule has 3 amide bonds. The average Bonchev–Trinajstić information content (AvgIpc) is 2.92. The number of aryl methyl sites for hydroxylation is 1. The van der Waals surface area contributed by atoms with E-state index in [0.717, 1.165) is 25.3 Å². The monoisotopic (exact) mass is 293 g/mol. The number of hydrogen-bond donors (Lipinski definition) is 2. The molecule has 1 aromatic rings. The van der Waals surface area contributed by atoms with Gasteiger partial charge < -0.3 is 20.1 Å². The van der Waals surface area contributed by atoms with Gasteiger partial charge in [0.1, 0.15) is 11.9 Å². The minimum absolute atomic E-state index is 0.0286. The summed E-state index contributed by atoms with van der Waals surface area (Å²) in [6.45, 7) is 5.45. The second-order valence-corrected chi connectivity index (χ2v) is 5.37. The van der Waals surface area contributed by atoms with E-state index in [2.05, 4.69) is 15.6 Å². The summed E-state index contributed by atoms with van der Waals surface area (Å²) < 4.78 is 1.98. The number of imidazole rings is 1. The Balaban J connectivity index is 1.91. The fourth-order valence-electron chi connectivity index (χ4n) is 2.60. The number of amides is 3. The van der Waals surface area contributed by atoms with Crippen LogP contribution in [-0.2, 0) is 11.3 Å². The lowest BCUT2D eigenvalue weighted by Crippen LogP contribution is -2.53. The summed E-state index contributed by atoms with van der Waals surface area (Å²) in [4.78, 5) is 29.9. The van der Waals surface area contributed by atoms with Crippen LogP contribution in [0.4, 0.5) is 4.79 Å². The Morgan fingerprint density at radius 3 is 3.05 bits per heavy atom. The molecule has 116 valence electrons. The highest BCUT2D eigenvalue weighted by molar-refractivity contribution is 5.87. The fraction of sp³-hybridized carbons (Fsp3) is 0.643. The Kier molecular flexibility index (Phi) is 4.82. The van der Waals surface area contributed by atoms with Crippen molar-refractivity contribution in [1.82, 2.24) is 25.1 Å². The maximum atomic E-state index is 12.0. The number of aromatic nitrogens is 2. The number of nitrogens with zero attached hydrogens (tertiary/aromatic N) is 3. The summed E-state index contributed by atoms with van der Waals surface area (Å²) in [6, 6.07) is -0.972. The Morgan fingerprint density at radius 2 is 2.33 bits per heavy atom. The van der Waals surface area contributed by atoms with Crippen LogP contribution in [-0.4, -0.2) is 46.0 Å². The molecule has 1 aliphatic heterocycles. The number of rotatable bonds is 4. The first kappa shape index (κ1) is 15.3. The van der Waals surface area contributed by atoms with E-state index in [4.69, 9.17) is 0 Å². The maximum Gasteiger partial charge on any atom is 0.316 e. The summed E-state index contributed by atoms with van der Waals surface area (Å²) in [7, 11) is 1.76. The van der Waals surface area contributed by atoms with Gasteiger partial charge in [0.2, 0.25) is 5.91 Å². The predicted octanol–water partition coefficient (Wildman–Crippen LogP) is 0.884. The number of carbonyl (C=O) groups excluding carboxylic acids is 2. The van der Waals surface area contributed by atoms with Crippen LogP contribution >= 0.6 is 0 Å². The number of hydrogen-bond acceptors (Lipinski definition) is 3. The molecular weight excluding hydrogens is 270 g/mol. The second-order valence-electron chi connectivity index (χ2n) is 5.37. The Labute approximate surface area is 124 Å². The van der Waals surface area contributed by atoms with Crippen LogP contribution < -0.4 is 10.6 Å². The number of piperidine rings is 1. The van der Waals surface area contributed by atoms with Crippen LogP contribution in [0.25, 0.3) is 0 Å². The SMILES string of the molecule is CCn1ccnc1C(C)NC(=O)NC1CCCN(C)C1=O. The van der Waals surface area contributed by atoms with Gasteiger partial charge in [0.15, 0.2) is 0 Å². The normalized spacial score (nSPS) is 20.2. The molecule has 1 aliphatic rings. The lowest BCUT2D eigenvalue weighted by molar-refractivity contribution is -0.134. The van der Waals surface area contributed by atoms with Crippen LogP contribution in [0.1, 0.15) is 38.6 Å². The van der Waals surface area contributed by atoms with E-state index in [1.165, 1.54) is 0 Å². The van der Waals surface area contributed by atoms with E-state index in [0.29, 0.717) is 6.42 Å². The quantitative estimate of drug-likeness (QED) is 0.865. The van der Waals surface area contributed by atoms with E-state index in [1.807, 2.05) is 24.6 Å². The molecule has 0 aromatic carbocycles. The number of urea groups is 1. The van der Waals surface area contributed by atoms with Crippen LogP contribution in [0, 0.1) is 0 Å². The third-order valence-corrected chi connectivity index (χ3v) is 3.79. The molecular formula is C14H23N5O2. The predicted molar refractivity (Wildman–Crippen MR) is 78.6 cm³/mol. The zero-order valence-electron chi connectivity index (χ0n) is 12.8. The molecule has 2 atom stereocenters. The lowest BCUT2D eigenvalue weighted by Gasteiger charge is -2.30. The minimum atomic E-state index is -0.429. The molecule has 0 bridgehead atoms. The summed E-state index contributed by atoms with van der Waals surface area (Å²) in [6.07, 6.45) is 5.19. The zero-order chi connectivity index (χ0) is 15.4. The smallest absolute Gasteiger partial charge is 0.316 e. The standard InChI is InChI=1S/C14H23N5O2/c1-4-19-9-7-15-12(19)10(2)16-14(21)17-11-6-5-8-18(3)13(11)20/h7,9-11H,4-6,8H2,1-3H3,(H2,16,17,21). The zero-order valence-corrected chi connectivity index (χ0v) is 12.8. The number of nitrogens with one attached hydrogen (secondary N) is 2.